The Bertz CT molecular complexity index is 813. The summed E-state index contributed by atoms with van der Waals surface area (Å²) in [5.41, 5.74) is 0. The summed E-state index contributed by atoms with van der Waals surface area (Å²) in [6.45, 7) is 8.96. The van der Waals surface area contributed by atoms with Crippen LogP contribution in [0.4, 0.5) is 0 Å². The van der Waals surface area contributed by atoms with Crippen molar-refractivity contribution in [3.63, 3.8) is 0 Å². The number of esters is 3. The average Bonchev–Trinajstić information content (AvgIpc) is 3.17. The van der Waals surface area contributed by atoms with Gasteiger partial charge in [0, 0.05) is 19.3 Å². The summed E-state index contributed by atoms with van der Waals surface area (Å²) < 4.78 is 16.6. The van der Waals surface area contributed by atoms with E-state index in [1.54, 1.807) is 0 Å². The van der Waals surface area contributed by atoms with Gasteiger partial charge < -0.3 is 14.2 Å². The molecule has 2 atom stereocenters. The van der Waals surface area contributed by atoms with Crippen molar-refractivity contribution < 1.29 is 28.6 Å². The maximum atomic E-state index is 12.7. The molecule has 0 aromatic heterocycles. The second-order valence-corrected chi connectivity index (χ2v) is 16.6. The fourth-order valence-electron chi connectivity index (χ4n) is 7.12. The minimum absolute atomic E-state index is 0.0649. The van der Waals surface area contributed by atoms with E-state index in [4.69, 9.17) is 14.2 Å². The predicted octanol–water partition coefficient (Wildman–Crippen LogP) is 15.1. The molecule has 0 spiro atoms. The van der Waals surface area contributed by atoms with Crippen molar-refractivity contribution in [3.05, 3.63) is 0 Å². The normalized spacial score (nSPS) is 12.4. The van der Waals surface area contributed by atoms with Crippen molar-refractivity contribution >= 4 is 17.9 Å². The molecule has 6 nitrogen and oxygen atoms in total. The summed E-state index contributed by atoms with van der Waals surface area (Å²) in [6, 6.07) is 0. The SMILES string of the molecule is CCCCCCCCCCCC(=O)OC[C@H](COC(=O)CCCCCCC)OC(=O)CCCCCCCCCCCCCCCCCCCCC(C)CC. The van der Waals surface area contributed by atoms with E-state index in [0.717, 1.165) is 70.1 Å². The number of carbonyl (C=O) groups is 3. The van der Waals surface area contributed by atoms with E-state index in [2.05, 4.69) is 27.7 Å². The molecule has 0 aromatic carbocycles. The Balaban J connectivity index is 4.03. The molecule has 0 saturated heterocycles. The number of hydrogen-bond acceptors (Lipinski definition) is 6. The number of ether oxygens (including phenoxy) is 3. The average molecular weight is 765 g/mol. The van der Waals surface area contributed by atoms with Gasteiger partial charge in [-0.2, -0.15) is 0 Å². The van der Waals surface area contributed by atoms with Crippen LogP contribution in [0.15, 0.2) is 0 Å². The zero-order chi connectivity index (χ0) is 39.6. The molecule has 6 heteroatoms. The van der Waals surface area contributed by atoms with Crippen molar-refractivity contribution in [2.75, 3.05) is 13.2 Å². The van der Waals surface area contributed by atoms with Gasteiger partial charge >= 0.3 is 17.9 Å². The van der Waals surface area contributed by atoms with Crippen LogP contribution >= 0.6 is 0 Å². The summed E-state index contributed by atoms with van der Waals surface area (Å²) in [5, 5.41) is 0. The van der Waals surface area contributed by atoms with Gasteiger partial charge in [0.15, 0.2) is 6.10 Å². The van der Waals surface area contributed by atoms with Crippen molar-refractivity contribution in [2.45, 2.75) is 271 Å². The van der Waals surface area contributed by atoms with Gasteiger partial charge in [-0.3, -0.25) is 14.4 Å². The lowest BCUT2D eigenvalue weighted by atomic mass is 9.99. The van der Waals surface area contributed by atoms with Crippen molar-refractivity contribution in [1.82, 2.24) is 0 Å². The number of rotatable bonds is 43. The molecular formula is C48H92O6. The van der Waals surface area contributed by atoms with Gasteiger partial charge in [0.25, 0.3) is 0 Å². The van der Waals surface area contributed by atoms with Crippen molar-refractivity contribution in [2.24, 2.45) is 5.92 Å². The Morgan fingerprint density at radius 3 is 0.963 bits per heavy atom. The third-order valence-electron chi connectivity index (χ3n) is 11.2. The van der Waals surface area contributed by atoms with Crippen molar-refractivity contribution in [1.29, 1.82) is 0 Å². The molecule has 0 aliphatic rings. The van der Waals surface area contributed by atoms with Gasteiger partial charge in [0.1, 0.15) is 13.2 Å². The molecular weight excluding hydrogens is 673 g/mol. The van der Waals surface area contributed by atoms with Gasteiger partial charge in [0.05, 0.1) is 0 Å². The summed E-state index contributed by atoms with van der Waals surface area (Å²) in [5.74, 6) is 0.0404. The highest BCUT2D eigenvalue weighted by molar-refractivity contribution is 5.71. The number of hydrogen-bond donors (Lipinski definition) is 0. The molecule has 320 valence electrons. The van der Waals surface area contributed by atoms with E-state index < -0.39 is 6.10 Å². The van der Waals surface area contributed by atoms with Gasteiger partial charge in [-0.1, -0.05) is 227 Å². The lowest BCUT2D eigenvalue weighted by Crippen LogP contribution is -2.30. The maximum Gasteiger partial charge on any atom is 0.306 e. The highest BCUT2D eigenvalue weighted by Crippen LogP contribution is 2.17. The molecule has 0 N–H and O–H groups in total. The van der Waals surface area contributed by atoms with E-state index in [9.17, 15) is 14.4 Å². The first kappa shape index (κ1) is 52.4. The van der Waals surface area contributed by atoms with Gasteiger partial charge in [0.2, 0.25) is 0 Å². The topological polar surface area (TPSA) is 78.9 Å². The summed E-state index contributed by atoms with van der Waals surface area (Å²) in [7, 11) is 0. The summed E-state index contributed by atoms with van der Waals surface area (Å²) in [4.78, 5) is 37.4. The highest BCUT2D eigenvalue weighted by Gasteiger charge is 2.19. The third-order valence-corrected chi connectivity index (χ3v) is 11.2. The second-order valence-electron chi connectivity index (χ2n) is 16.6. The molecule has 0 radical (unpaired) electrons. The Morgan fingerprint density at radius 1 is 0.370 bits per heavy atom. The maximum absolute atomic E-state index is 12.7. The predicted molar refractivity (Wildman–Crippen MR) is 229 cm³/mol. The van der Waals surface area contributed by atoms with Crippen LogP contribution in [0.1, 0.15) is 265 Å². The van der Waals surface area contributed by atoms with Crippen LogP contribution in [0.2, 0.25) is 0 Å². The quantitative estimate of drug-likeness (QED) is 0.0349. The lowest BCUT2D eigenvalue weighted by molar-refractivity contribution is -0.167. The monoisotopic (exact) mass is 765 g/mol. The second kappa shape index (κ2) is 42.6. The number of carbonyl (C=O) groups excluding carboxylic acids is 3. The fraction of sp³-hybridized carbons (Fsp3) is 0.938. The van der Waals surface area contributed by atoms with Crippen LogP contribution < -0.4 is 0 Å². The molecule has 0 aliphatic heterocycles. The Hall–Kier alpha value is -1.59. The first-order valence-electron chi connectivity index (χ1n) is 23.9. The first-order valence-corrected chi connectivity index (χ1v) is 23.9. The van der Waals surface area contributed by atoms with Crippen LogP contribution in [0.25, 0.3) is 0 Å². The van der Waals surface area contributed by atoms with Crippen LogP contribution in [-0.4, -0.2) is 37.2 Å². The molecule has 54 heavy (non-hydrogen) atoms. The van der Waals surface area contributed by atoms with Gasteiger partial charge in [-0.05, 0) is 25.2 Å². The molecule has 0 rings (SSSR count). The minimum atomic E-state index is -0.757. The fourth-order valence-corrected chi connectivity index (χ4v) is 7.12. The molecule has 0 saturated carbocycles. The molecule has 0 aromatic rings. The van der Waals surface area contributed by atoms with E-state index in [1.807, 2.05) is 0 Å². The zero-order valence-electron chi connectivity index (χ0n) is 36.7. The summed E-state index contributed by atoms with van der Waals surface area (Å²) in [6.07, 6.45) is 42.7. The van der Waals surface area contributed by atoms with Gasteiger partial charge in [-0.15, -0.1) is 0 Å². The largest absolute Gasteiger partial charge is 0.462 e. The highest BCUT2D eigenvalue weighted by atomic mass is 16.6. The zero-order valence-corrected chi connectivity index (χ0v) is 36.7. The Labute approximate surface area is 336 Å². The number of unbranched alkanes of at least 4 members (excludes halogenated alkanes) is 29. The van der Waals surface area contributed by atoms with Crippen LogP contribution in [-0.2, 0) is 28.6 Å². The minimum Gasteiger partial charge on any atom is -0.462 e. The molecule has 0 bridgehead atoms. The molecule has 1 unspecified atom stereocenters. The van der Waals surface area contributed by atoms with Crippen LogP contribution in [0, 0.1) is 5.92 Å². The molecule has 0 amide bonds. The molecule has 0 fully saturated rings. The molecule has 0 aliphatic carbocycles. The van der Waals surface area contributed by atoms with E-state index in [-0.39, 0.29) is 31.1 Å². The van der Waals surface area contributed by atoms with E-state index >= 15 is 0 Å². The summed E-state index contributed by atoms with van der Waals surface area (Å²) >= 11 is 0. The standard InChI is InChI=1S/C48H92O6/c1-5-8-10-12-13-24-28-32-36-40-47(50)53-43-45(42-52-46(49)39-35-30-11-9-6-2)54-48(51)41-37-33-29-26-23-21-19-17-15-14-16-18-20-22-25-27-31-34-38-44(4)7-3/h44-45H,5-43H2,1-4H3/t44?,45-/m0/s1. The smallest absolute Gasteiger partial charge is 0.306 e. The van der Waals surface area contributed by atoms with E-state index in [0.29, 0.717) is 19.3 Å². The lowest BCUT2D eigenvalue weighted by Gasteiger charge is -2.18. The van der Waals surface area contributed by atoms with E-state index in [1.165, 1.54) is 154 Å². The van der Waals surface area contributed by atoms with Crippen LogP contribution in [0.3, 0.4) is 0 Å². The Kier molecular flexibility index (Phi) is 41.3. The van der Waals surface area contributed by atoms with Crippen molar-refractivity contribution in [3.8, 4) is 0 Å². The molecule has 0 heterocycles. The van der Waals surface area contributed by atoms with Gasteiger partial charge in [-0.25, -0.2) is 0 Å². The first-order chi connectivity index (χ1) is 26.4. The Morgan fingerprint density at radius 2 is 0.648 bits per heavy atom. The van der Waals surface area contributed by atoms with Crippen LogP contribution in [0.5, 0.6) is 0 Å². The third kappa shape index (κ3) is 40.1.